The van der Waals surface area contributed by atoms with Crippen LogP contribution in [0.5, 0.6) is 5.75 Å². The van der Waals surface area contributed by atoms with E-state index in [0.717, 1.165) is 42.7 Å². The lowest BCUT2D eigenvalue weighted by Gasteiger charge is -2.51. The van der Waals surface area contributed by atoms with Crippen LogP contribution in [0.25, 0.3) is 0 Å². The summed E-state index contributed by atoms with van der Waals surface area (Å²) in [6, 6.07) is 24.6. The molecule has 0 unspecified atom stereocenters. The molecule has 5 nitrogen and oxygen atoms in total. The number of nitrogens with zero attached hydrogens (tertiary/aromatic N) is 2. The fourth-order valence-corrected chi connectivity index (χ4v) is 6.30. The number of aliphatic hydroxyl groups is 1. The third-order valence-corrected chi connectivity index (χ3v) is 8.78. The van der Waals surface area contributed by atoms with Gasteiger partial charge in [0, 0.05) is 18.8 Å². The van der Waals surface area contributed by atoms with Gasteiger partial charge in [-0.25, -0.2) is 4.98 Å². The molecule has 3 aromatic carbocycles. The van der Waals surface area contributed by atoms with Crippen molar-refractivity contribution in [3.05, 3.63) is 118 Å². The van der Waals surface area contributed by atoms with Gasteiger partial charge in [-0.1, -0.05) is 89.9 Å². The van der Waals surface area contributed by atoms with Crippen molar-refractivity contribution in [3.63, 3.8) is 0 Å². The highest BCUT2D eigenvalue weighted by molar-refractivity contribution is 6.42. The summed E-state index contributed by atoms with van der Waals surface area (Å²) in [5.74, 6) is 2.19. The van der Waals surface area contributed by atoms with Crippen molar-refractivity contribution >= 4 is 23.2 Å². The highest BCUT2D eigenvalue weighted by Crippen LogP contribution is 2.41. The molecule has 0 aliphatic carbocycles. The maximum Gasteiger partial charge on any atom is 0.236 e. The summed E-state index contributed by atoms with van der Waals surface area (Å²) in [4.78, 5) is 4.60. The van der Waals surface area contributed by atoms with Gasteiger partial charge in [0.05, 0.1) is 24.3 Å². The van der Waals surface area contributed by atoms with E-state index in [1.165, 1.54) is 0 Å². The number of rotatable bonds is 7. The Morgan fingerprint density at radius 1 is 0.919 bits per heavy atom. The molecule has 3 aliphatic rings. The summed E-state index contributed by atoms with van der Waals surface area (Å²) in [5, 5.41) is 13.0. The molecule has 7 heteroatoms. The Morgan fingerprint density at radius 3 is 2.22 bits per heavy atom. The van der Waals surface area contributed by atoms with Crippen molar-refractivity contribution in [3.8, 4) is 5.75 Å². The summed E-state index contributed by atoms with van der Waals surface area (Å²) in [5.41, 5.74) is -0.0513. The lowest BCUT2D eigenvalue weighted by atomic mass is 9.83. The van der Waals surface area contributed by atoms with Gasteiger partial charge in [0.2, 0.25) is 5.89 Å². The van der Waals surface area contributed by atoms with E-state index in [1.807, 2.05) is 72.8 Å². The van der Waals surface area contributed by atoms with E-state index in [4.69, 9.17) is 32.4 Å². The number of hydrogen-bond acceptors (Lipinski definition) is 4. The molecule has 3 saturated heterocycles. The number of aromatic nitrogens is 1. The van der Waals surface area contributed by atoms with E-state index in [9.17, 15) is 5.11 Å². The Kier molecular flexibility index (Phi) is 6.49. The number of fused-ring (bicyclic) bond motifs is 3. The van der Waals surface area contributed by atoms with E-state index in [0.29, 0.717) is 39.4 Å². The third kappa shape index (κ3) is 4.55. The van der Waals surface area contributed by atoms with Crippen molar-refractivity contribution in [2.45, 2.75) is 31.1 Å². The van der Waals surface area contributed by atoms with E-state index >= 15 is 0 Å². The number of hydrogen-bond donors (Lipinski definition) is 1. The second-order valence-corrected chi connectivity index (χ2v) is 11.0. The van der Waals surface area contributed by atoms with Crippen LogP contribution in [0.2, 0.25) is 10.0 Å². The molecule has 0 amide bonds. The fraction of sp³-hybridized carbons (Fsp3) is 0.300. The molecule has 1 N–H and O–H groups in total. The van der Waals surface area contributed by atoms with Gasteiger partial charge in [0.1, 0.15) is 23.9 Å². The van der Waals surface area contributed by atoms with Crippen LogP contribution in [0, 0.1) is 5.92 Å². The van der Waals surface area contributed by atoms with Crippen LogP contribution in [-0.4, -0.2) is 40.3 Å². The Morgan fingerprint density at radius 2 is 1.57 bits per heavy atom. The van der Waals surface area contributed by atoms with Gasteiger partial charge >= 0.3 is 0 Å². The molecular formula is C30H29Cl2N2O3+. The average Bonchev–Trinajstić information content (AvgIpc) is 3.41. The van der Waals surface area contributed by atoms with Crippen LogP contribution in [0.3, 0.4) is 0 Å². The molecule has 0 spiro atoms. The number of quaternary nitrogens is 1. The molecule has 3 aliphatic heterocycles. The van der Waals surface area contributed by atoms with Crippen LogP contribution >= 0.6 is 23.2 Å². The van der Waals surface area contributed by atoms with Crippen LogP contribution in [0.4, 0.5) is 0 Å². The first-order chi connectivity index (χ1) is 18.0. The fourth-order valence-electron chi connectivity index (χ4n) is 5.97. The summed E-state index contributed by atoms with van der Waals surface area (Å²) in [6.07, 6.45) is 4.00. The third-order valence-electron chi connectivity index (χ3n) is 7.97. The van der Waals surface area contributed by atoms with Crippen LogP contribution < -0.4 is 4.74 Å². The number of oxazole rings is 1. The molecule has 190 valence electrons. The zero-order chi connectivity index (χ0) is 25.5. The van der Waals surface area contributed by atoms with Crippen molar-refractivity contribution in [2.24, 2.45) is 5.92 Å². The maximum atomic E-state index is 12.0. The van der Waals surface area contributed by atoms with Crippen LogP contribution in [-0.2, 0) is 12.1 Å². The van der Waals surface area contributed by atoms with Gasteiger partial charge in [0.15, 0.2) is 17.5 Å². The molecule has 1 aromatic heterocycles. The maximum absolute atomic E-state index is 12.0. The normalized spacial score (nSPS) is 23.2. The minimum Gasteiger partial charge on any atom is -0.483 e. The summed E-state index contributed by atoms with van der Waals surface area (Å²) in [7, 11) is 0. The molecule has 0 saturated carbocycles. The van der Waals surface area contributed by atoms with Crippen molar-refractivity contribution in [1.29, 1.82) is 0 Å². The van der Waals surface area contributed by atoms with Gasteiger partial charge in [-0.05, 0) is 23.3 Å². The molecule has 1 atom stereocenters. The molecule has 37 heavy (non-hydrogen) atoms. The van der Waals surface area contributed by atoms with Gasteiger partial charge in [-0.2, -0.15) is 0 Å². The Balaban J connectivity index is 1.26. The molecule has 0 radical (unpaired) electrons. The summed E-state index contributed by atoms with van der Waals surface area (Å²) < 4.78 is 13.6. The van der Waals surface area contributed by atoms with Gasteiger partial charge in [-0.3, -0.25) is 0 Å². The van der Waals surface area contributed by atoms with Crippen molar-refractivity contribution in [1.82, 2.24) is 4.98 Å². The molecule has 4 heterocycles. The predicted molar refractivity (Wildman–Crippen MR) is 144 cm³/mol. The second kappa shape index (κ2) is 9.80. The molecule has 3 fully saturated rings. The smallest absolute Gasteiger partial charge is 0.236 e. The van der Waals surface area contributed by atoms with Gasteiger partial charge < -0.3 is 18.7 Å². The van der Waals surface area contributed by atoms with Crippen LogP contribution in [0.15, 0.2) is 89.5 Å². The van der Waals surface area contributed by atoms with E-state index in [2.05, 4.69) is 4.98 Å². The largest absolute Gasteiger partial charge is 0.483 e. The Labute approximate surface area is 226 Å². The Hall–Kier alpha value is -2.83. The molecular weight excluding hydrogens is 507 g/mol. The first kappa shape index (κ1) is 24.5. The topological polar surface area (TPSA) is 55.5 Å². The standard InChI is InChI=1S/C30H29Cl2N2O3/c31-25-12-7-13-26(28(25)32)37-27-20-34(16-14-21(27)15-17-34)19-24-18-33-29(36-24)30(35,22-8-3-1-4-9-22)23-10-5-2-6-11-23/h1-13,18,21,27,35H,14-17,19-20H2/q+1/t21?,27-,34?/m0/s1. The lowest BCUT2D eigenvalue weighted by Crippen LogP contribution is -2.64. The minimum atomic E-state index is -1.48. The zero-order valence-electron chi connectivity index (χ0n) is 20.4. The average molecular weight is 536 g/mol. The van der Waals surface area contributed by atoms with Crippen molar-refractivity contribution < 1.29 is 18.7 Å². The first-order valence-electron chi connectivity index (χ1n) is 12.7. The summed E-state index contributed by atoms with van der Waals surface area (Å²) >= 11 is 12.6. The second-order valence-electron chi connectivity index (χ2n) is 10.2. The highest BCUT2D eigenvalue weighted by atomic mass is 35.5. The SMILES string of the molecule is OC(c1ccccc1)(c1ccccc1)c1ncc(C[N+]23CCC(CC2)[C@@H](Oc2cccc(Cl)c2Cl)C3)o1. The minimum absolute atomic E-state index is 0.0615. The number of benzene rings is 3. The molecule has 4 aromatic rings. The van der Waals surface area contributed by atoms with Gasteiger partial charge in [0.25, 0.3) is 0 Å². The van der Waals surface area contributed by atoms with Crippen molar-refractivity contribution in [2.75, 3.05) is 19.6 Å². The molecule has 2 bridgehead atoms. The van der Waals surface area contributed by atoms with E-state index < -0.39 is 5.60 Å². The number of ether oxygens (including phenoxy) is 1. The lowest BCUT2D eigenvalue weighted by molar-refractivity contribution is -0.958. The highest BCUT2D eigenvalue weighted by Gasteiger charge is 2.48. The monoisotopic (exact) mass is 535 g/mol. The Bertz CT molecular complexity index is 1330. The van der Waals surface area contributed by atoms with Gasteiger partial charge in [-0.15, -0.1) is 0 Å². The predicted octanol–water partition coefficient (Wildman–Crippen LogP) is 6.45. The summed E-state index contributed by atoms with van der Waals surface area (Å²) in [6.45, 7) is 3.69. The van der Waals surface area contributed by atoms with E-state index in [-0.39, 0.29) is 12.0 Å². The van der Waals surface area contributed by atoms with Crippen LogP contribution in [0.1, 0.15) is 35.6 Å². The number of halogens is 2. The number of piperidine rings is 3. The zero-order valence-corrected chi connectivity index (χ0v) is 21.9. The quantitative estimate of drug-likeness (QED) is 0.276. The van der Waals surface area contributed by atoms with E-state index in [1.54, 1.807) is 12.3 Å². The first-order valence-corrected chi connectivity index (χ1v) is 13.5. The molecule has 7 rings (SSSR count).